The Hall–Kier alpha value is -1.87. The summed E-state index contributed by atoms with van der Waals surface area (Å²) in [6.07, 6.45) is 4.94. The van der Waals surface area contributed by atoms with E-state index in [1.807, 2.05) is 18.5 Å². The van der Waals surface area contributed by atoms with Crippen LogP contribution in [0.1, 0.15) is 18.1 Å². The van der Waals surface area contributed by atoms with Crippen LogP contribution in [0.2, 0.25) is 0 Å². The van der Waals surface area contributed by atoms with Gasteiger partial charge in [0.15, 0.2) is 0 Å². The third kappa shape index (κ3) is 3.61. The summed E-state index contributed by atoms with van der Waals surface area (Å²) < 4.78 is 0. The van der Waals surface area contributed by atoms with E-state index in [2.05, 4.69) is 52.5 Å². The molecule has 1 atom stereocenters. The molecule has 0 fully saturated rings. The van der Waals surface area contributed by atoms with Gasteiger partial charge in [0.1, 0.15) is 0 Å². The summed E-state index contributed by atoms with van der Waals surface area (Å²) in [5.74, 6) is 0.734. The highest BCUT2D eigenvalue weighted by Crippen LogP contribution is 2.28. The summed E-state index contributed by atoms with van der Waals surface area (Å²) >= 11 is 0. The van der Waals surface area contributed by atoms with Gasteiger partial charge < -0.3 is 10.2 Å². The minimum absolute atomic E-state index is 0.734. The van der Waals surface area contributed by atoms with Crippen molar-refractivity contribution in [3.63, 3.8) is 0 Å². The SMILES string of the molecule is CC1Cc2ccccc2N(CCNCc2cccnc2)C1. The maximum atomic E-state index is 4.14. The van der Waals surface area contributed by atoms with Crippen molar-refractivity contribution in [2.45, 2.75) is 19.9 Å². The third-order valence-corrected chi connectivity index (χ3v) is 4.04. The summed E-state index contributed by atoms with van der Waals surface area (Å²) in [6, 6.07) is 12.9. The zero-order chi connectivity index (χ0) is 14.5. The molecule has 1 aromatic carbocycles. The second-order valence-corrected chi connectivity index (χ2v) is 5.92. The van der Waals surface area contributed by atoms with Gasteiger partial charge in [0.2, 0.25) is 0 Å². The van der Waals surface area contributed by atoms with Crippen LogP contribution in [-0.4, -0.2) is 24.6 Å². The fourth-order valence-corrected chi connectivity index (χ4v) is 3.07. The Morgan fingerprint density at radius 2 is 2.14 bits per heavy atom. The van der Waals surface area contributed by atoms with Crippen molar-refractivity contribution in [1.82, 2.24) is 10.3 Å². The first-order valence-electron chi connectivity index (χ1n) is 7.75. The van der Waals surface area contributed by atoms with Crippen molar-refractivity contribution in [3.05, 3.63) is 59.9 Å². The van der Waals surface area contributed by atoms with Gasteiger partial charge in [-0.2, -0.15) is 0 Å². The Bertz CT molecular complexity index is 568. The first-order chi connectivity index (χ1) is 10.3. The Kier molecular flexibility index (Phi) is 4.51. The normalized spacial score (nSPS) is 17.6. The molecule has 0 amide bonds. The van der Waals surface area contributed by atoms with Crippen molar-refractivity contribution in [2.75, 3.05) is 24.5 Å². The lowest BCUT2D eigenvalue weighted by molar-refractivity contribution is 0.523. The van der Waals surface area contributed by atoms with Gasteiger partial charge in [0.25, 0.3) is 0 Å². The second-order valence-electron chi connectivity index (χ2n) is 5.92. The molecule has 1 aliphatic heterocycles. The van der Waals surface area contributed by atoms with Gasteiger partial charge in [0, 0.05) is 44.3 Å². The first kappa shape index (κ1) is 14.1. The molecule has 0 aliphatic carbocycles. The number of benzene rings is 1. The predicted molar refractivity (Wildman–Crippen MR) is 87.5 cm³/mol. The number of hydrogen-bond acceptors (Lipinski definition) is 3. The lowest BCUT2D eigenvalue weighted by Crippen LogP contribution is -2.38. The Labute approximate surface area is 127 Å². The summed E-state index contributed by atoms with van der Waals surface area (Å²) in [7, 11) is 0. The predicted octanol–water partition coefficient (Wildman–Crippen LogP) is 2.87. The van der Waals surface area contributed by atoms with Crippen LogP contribution in [0.25, 0.3) is 0 Å². The molecule has 0 saturated heterocycles. The van der Waals surface area contributed by atoms with Crippen LogP contribution in [0.5, 0.6) is 0 Å². The average Bonchev–Trinajstić information content (AvgIpc) is 2.52. The molecule has 1 aliphatic rings. The van der Waals surface area contributed by atoms with Crippen molar-refractivity contribution in [3.8, 4) is 0 Å². The molecule has 2 aromatic rings. The highest BCUT2D eigenvalue weighted by molar-refractivity contribution is 5.55. The molecule has 1 N–H and O–H groups in total. The molecule has 110 valence electrons. The fourth-order valence-electron chi connectivity index (χ4n) is 3.07. The minimum Gasteiger partial charge on any atom is -0.370 e. The zero-order valence-corrected chi connectivity index (χ0v) is 12.6. The quantitative estimate of drug-likeness (QED) is 0.854. The van der Waals surface area contributed by atoms with Gasteiger partial charge in [-0.15, -0.1) is 0 Å². The van der Waals surface area contributed by atoms with E-state index in [0.717, 1.165) is 32.1 Å². The largest absolute Gasteiger partial charge is 0.370 e. The average molecular weight is 281 g/mol. The number of pyridine rings is 1. The molecule has 0 radical (unpaired) electrons. The number of nitrogens with zero attached hydrogens (tertiary/aromatic N) is 2. The van der Waals surface area contributed by atoms with Crippen LogP contribution in [0.4, 0.5) is 5.69 Å². The highest BCUT2D eigenvalue weighted by atomic mass is 15.2. The number of aromatic nitrogens is 1. The number of hydrogen-bond donors (Lipinski definition) is 1. The van der Waals surface area contributed by atoms with E-state index in [1.165, 1.54) is 23.2 Å². The lowest BCUT2D eigenvalue weighted by Gasteiger charge is -2.35. The summed E-state index contributed by atoms with van der Waals surface area (Å²) in [6.45, 7) is 6.44. The number of nitrogens with one attached hydrogen (secondary N) is 1. The molecule has 0 spiro atoms. The smallest absolute Gasteiger partial charge is 0.0399 e. The van der Waals surface area contributed by atoms with Crippen molar-refractivity contribution < 1.29 is 0 Å². The van der Waals surface area contributed by atoms with E-state index in [-0.39, 0.29) is 0 Å². The van der Waals surface area contributed by atoms with Crippen LogP contribution in [0.15, 0.2) is 48.8 Å². The van der Waals surface area contributed by atoms with E-state index >= 15 is 0 Å². The summed E-state index contributed by atoms with van der Waals surface area (Å²) in [5, 5.41) is 3.51. The standard InChI is InChI=1S/C18H23N3/c1-15-11-17-6-2-3-7-18(17)21(14-15)10-9-20-13-16-5-4-8-19-12-16/h2-8,12,15,20H,9-11,13-14H2,1H3. The molecule has 3 heteroatoms. The van der Waals surface area contributed by atoms with E-state index in [0.29, 0.717) is 0 Å². The van der Waals surface area contributed by atoms with Gasteiger partial charge in [-0.25, -0.2) is 0 Å². The van der Waals surface area contributed by atoms with Crippen LogP contribution in [0.3, 0.4) is 0 Å². The third-order valence-electron chi connectivity index (χ3n) is 4.04. The molecule has 2 heterocycles. The molecular weight excluding hydrogens is 258 g/mol. The molecule has 21 heavy (non-hydrogen) atoms. The van der Waals surface area contributed by atoms with Gasteiger partial charge in [-0.05, 0) is 35.6 Å². The zero-order valence-electron chi connectivity index (χ0n) is 12.6. The monoisotopic (exact) mass is 281 g/mol. The van der Waals surface area contributed by atoms with Crippen molar-refractivity contribution in [1.29, 1.82) is 0 Å². The Morgan fingerprint density at radius 1 is 1.24 bits per heavy atom. The first-order valence-corrected chi connectivity index (χ1v) is 7.75. The van der Waals surface area contributed by atoms with Crippen LogP contribution < -0.4 is 10.2 Å². The topological polar surface area (TPSA) is 28.2 Å². The van der Waals surface area contributed by atoms with Crippen LogP contribution in [-0.2, 0) is 13.0 Å². The Balaban J connectivity index is 1.54. The number of para-hydroxylation sites is 1. The number of fused-ring (bicyclic) bond motifs is 1. The van der Waals surface area contributed by atoms with Gasteiger partial charge in [0.05, 0.1) is 0 Å². The van der Waals surface area contributed by atoms with E-state index in [9.17, 15) is 0 Å². The van der Waals surface area contributed by atoms with Gasteiger partial charge in [-0.1, -0.05) is 31.2 Å². The molecular formula is C18H23N3. The van der Waals surface area contributed by atoms with E-state index < -0.39 is 0 Å². The fraction of sp³-hybridized carbons (Fsp3) is 0.389. The Morgan fingerprint density at radius 3 is 3.00 bits per heavy atom. The number of anilines is 1. The maximum Gasteiger partial charge on any atom is 0.0399 e. The summed E-state index contributed by atoms with van der Waals surface area (Å²) in [4.78, 5) is 6.66. The molecule has 1 unspecified atom stereocenters. The molecule has 3 nitrogen and oxygen atoms in total. The number of rotatable bonds is 5. The van der Waals surface area contributed by atoms with Crippen LogP contribution >= 0.6 is 0 Å². The molecule has 3 rings (SSSR count). The van der Waals surface area contributed by atoms with Gasteiger partial charge in [-0.3, -0.25) is 4.98 Å². The van der Waals surface area contributed by atoms with E-state index in [1.54, 1.807) is 0 Å². The highest BCUT2D eigenvalue weighted by Gasteiger charge is 2.20. The van der Waals surface area contributed by atoms with E-state index in [4.69, 9.17) is 0 Å². The van der Waals surface area contributed by atoms with Crippen LogP contribution in [0, 0.1) is 5.92 Å². The van der Waals surface area contributed by atoms with Crippen molar-refractivity contribution in [2.24, 2.45) is 5.92 Å². The maximum absolute atomic E-state index is 4.14. The lowest BCUT2D eigenvalue weighted by atomic mass is 9.94. The molecule has 0 bridgehead atoms. The molecule has 0 saturated carbocycles. The molecule has 1 aromatic heterocycles. The minimum atomic E-state index is 0.734. The summed E-state index contributed by atoms with van der Waals surface area (Å²) in [5.41, 5.74) is 4.15. The second kappa shape index (κ2) is 6.72. The van der Waals surface area contributed by atoms with Crippen molar-refractivity contribution >= 4 is 5.69 Å². The van der Waals surface area contributed by atoms with Gasteiger partial charge >= 0.3 is 0 Å².